The number of anilines is 2. The number of fused-ring (bicyclic) bond motifs is 2. The van der Waals surface area contributed by atoms with Gasteiger partial charge in [-0.15, -0.1) is 0 Å². The second kappa shape index (κ2) is 9.72. The van der Waals surface area contributed by atoms with Crippen LogP contribution in [0.15, 0.2) is 48.5 Å². The van der Waals surface area contributed by atoms with E-state index in [2.05, 4.69) is 5.32 Å². The molecule has 2 aliphatic heterocycles. The van der Waals surface area contributed by atoms with Gasteiger partial charge < -0.3 is 24.8 Å². The van der Waals surface area contributed by atoms with Crippen LogP contribution in [0.25, 0.3) is 0 Å². The third kappa shape index (κ3) is 5.07. The van der Waals surface area contributed by atoms with Crippen LogP contribution < -0.4 is 19.7 Å². The van der Waals surface area contributed by atoms with Crippen LogP contribution in [0.1, 0.15) is 10.4 Å². The Balaban J connectivity index is 0.000000196. The van der Waals surface area contributed by atoms with Crippen LogP contribution in [-0.2, 0) is 0 Å². The number of carbonyl (C=O) groups excluding carboxylic acids is 1. The highest BCUT2D eigenvalue weighted by Crippen LogP contribution is 2.36. The number of benzene rings is 3. The molecule has 0 saturated heterocycles. The Kier molecular flexibility index (Phi) is 6.76. The van der Waals surface area contributed by atoms with E-state index in [1.165, 1.54) is 47.4 Å². The molecule has 2 aliphatic rings. The molecule has 172 valence electrons. The molecule has 10 heteroatoms. The lowest BCUT2D eigenvalue weighted by Gasteiger charge is -2.29. The van der Waals surface area contributed by atoms with E-state index in [9.17, 15) is 18.7 Å². The summed E-state index contributed by atoms with van der Waals surface area (Å²) in [7, 11) is 0. The number of halogens is 4. The van der Waals surface area contributed by atoms with E-state index in [1.807, 2.05) is 0 Å². The fourth-order valence-corrected chi connectivity index (χ4v) is 3.85. The van der Waals surface area contributed by atoms with Gasteiger partial charge in [0.1, 0.15) is 36.3 Å². The molecule has 33 heavy (non-hydrogen) atoms. The second-order valence-electron chi connectivity index (χ2n) is 7.12. The summed E-state index contributed by atoms with van der Waals surface area (Å²) in [6.45, 7) is 1.96. The predicted molar refractivity (Wildman–Crippen MR) is 122 cm³/mol. The number of phenols is 1. The summed E-state index contributed by atoms with van der Waals surface area (Å²) in [6, 6.07) is 11.1. The number of hydrogen-bond acceptors (Lipinski definition) is 5. The topological polar surface area (TPSA) is 71.0 Å². The largest absolute Gasteiger partial charge is 0.505 e. The van der Waals surface area contributed by atoms with Crippen LogP contribution in [0.5, 0.6) is 17.2 Å². The molecule has 0 saturated carbocycles. The molecule has 0 radical (unpaired) electrons. The minimum atomic E-state index is -0.469. The van der Waals surface area contributed by atoms with E-state index in [0.717, 1.165) is 18.0 Å². The molecule has 0 fully saturated rings. The first-order chi connectivity index (χ1) is 15.8. The zero-order valence-electron chi connectivity index (χ0n) is 17.1. The molecule has 0 aromatic heterocycles. The van der Waals surface area contributed by atoms with E-state index >= 15 is 0 Å². The number of rotatable bonds is 1. The lowest BCUT2D eigenvalue weighted by molar-refractivity contribution is 0.0976. The van der Waals surface area contributed by atoms with Crippen molar-refractivity contribution < 1.29 is 28.2 Å². The zero-order valence-corrected chi connectivity index (χ0v) is 18.6. The predicted octanol–water partition coefficient (Wildman–Crippen LogP) is 5.51. The Morgan fingerprint density at radius 1 is 0.939 bits per heavy atom. The summed E-state index contributed by atoms with van der Waals surface area (Å²) >= 11 is 11.7. The zero-order chi connectivity index (χ0) is 23.5. The van der Waals surface area contributed by atoms with Crippen LogP contribution in [-0.4, -0.2) is 37.3 Å². The molecule has 0 spiro atoms. The molecule has 0 atom stereocenters. The summed E-state index contributed by atoms with van der Waals surface area (Å²) in [6.07, 6.45) is 0. The molecule has 1 amide bonds. The fraction of sp³-hybridized carbons (Fsp3) is 0.174. The van der Waals surface area contributed by atoms with Crippen LogP contribution >= 0.6 is 23.2 Å². The SMILES string of the molecule is Fc1ccc2c(c1)NCCO2.O=C(c1cc(Cl)c(O)c(Cl)c1)N1CCOc2ccc(F)cc21. The molecule has 0 bridgehead atoms. The van der Waals surface area contributed by atoms with Gasteiger partial charge in [-0.3, -0.25) is 4.79 Å². The van der Waals surface area contributed by atoms with Crippen LogP contribution in [0.3, 0.4) is 0 Å². The number of phenolic OH excluding ortho intramolecular Hbond substituents is 1. The molecule has 0 unspecified atom stereocenters. The molecule has 3 aromatic rings. The molecule has 0 aliphatic carbocycles. The molecular formula is C23H18Cl2F2N2O4. The third-order valence-corrected chi connectivity index (χ3v) is 5.49. The van der Waals surface area contributed by atoms with E-state index in [1.54, 1.807) is 6.07 Å². The third-order valence-electron chi connectivity index (χ3n) is 4.91. The van der Waals surface area contributed by atoms with Crippen LogP contribution in [0, 0.1) is 11.6 Å². The lowest BCUT2D eigenvalue weighted by atomic mass is 10.1. The minimum Gasteiger partial charge on any atom is -0.505 e. The highest BCUT2D eigenvalue weighted by molar-refractivity contribution is 6.37. The van der Waals surface area contributed by atoms with Gasteiger partial charge >= 0.3 is 0 Å². The number of aromatic hydroxyl groups is 1. The van der Waals surface area contributed by atoms with Crippen molar-refractivity contribution in [1.29, 1.82) is 0 Å². The van der Waals surface area contributed by atoms with Gasteiger partial charge in [-0.1, -0.05) is 23.2 Å². The Hall–Kier alpha value is -3.23. The molecule has 3 aromatic carbocycles. The lowest BCUT2D eigenvalue weighted by Crippen LogP contribution is -2.38. The van der Waals surface area contributed by atoms with Crippen molar-refractivity contribution in [2.75, 3.05) is 36.5 Å². The van der Waals surface area contributed by atoms with E-state index < -0.39 is 11.7 Å². The average molecular weight is 495 g/mol. The van der Waals surface area contributed by atoms with Crippen molar-refractivity contribution in [3.05, 3.63) is 75.8 Å². The second-order valence-corrected chi connectivity index (χ2v) is 7.94. The fourth-order valence-electron chi connectivity index (χ4n) is 3.36. The highest BCUT2D eigenvalue weighted by Gasteiger charge is 2.26. The number of ether oxygens (including phenoxy) is 2. The summed E-state index contributed by atoms with van der Waals surface area (Å²) < 4.78 is 36.7. The van der Waals surface area contributed by atoms with Gasteiger partial charge in [0.05, 0.1) is 28.0 Å². The molecule has 2 heterocycles. The first-order valence-electron chi connectivity index (χ1n) is 9.92. The van der Waals surface area contributed by atoms with Crippen molar-refractivity contribution in [3.8, 4) is 17.2 Å². The van der Waals surface area contributed by atoms with Crippen molar-refractivity contribution in [2.45, 2.75) is 0 Å². The Bertz CT molecular complexity index is 1190. The summed E-state index contributed by atoms with van der Waals surface area (Å²) in [5.74, 6) is -0.229. The monoisotopic (exact) mass is 494 g/mol. The van der Waals surface area contributed by atoms with Gasteiger partial charge in [0.15, 0.2) is 5.75 Å². The summed E-state index contributed by atoms with van der Waals surface area (Å²) in [4.78, 5) is 14.0. The smallest absolute Gasteiger partial charge is 0.258 e. The van der Waals surface area contributed by atoms with Gasteiger partial charge in [-0.25, -0.2) is 8.78 Å². The highest BCUT2D eigenvalue weighted by atomic mass is 35.5. The maximum Gasteiger partial charge on any atom is 0.258 e. The Labute approximate surface area is 198 Å². The van der Waals surface area contributed by atoms with Gasteiger partial charge in [-0.2, -0.15) is 0 Å². The Morgan fingerprint density at radius 3 is 2.30 bits per heavy atom. The summed E-state index contributed by atoms with van der Waals surface area (Å²) in [5.41, 5.74) is 1.29. The van der Waals surface area contributed by atoms with Crippen molar-refractivity contribution >= 4 is 40.5 Å². The quantitative estimate of drug-likeness (QED) is 0.466. The molecular weight excluding hydrogens is 477 g/mol. The van der Waals surface area contributed by atoms with Crippen molar-refractivity contribution in [1.82, 2.24) is 0 Å². The minimum absolute atomic E-state index is 0.0245. The van der Waals surface area contributed by atoms with Gasteiger partial charge in [0, 0.05) is 24.2 Å². The summed E-state index contributed by atoms with van der Waals surface area (Å²) in [5, 5.41) is 12.5. The number of nitrogens with one attached hydrogen (secondary N) is 1. The van der Waals surface area contributed by atoms with Crippen molar-refractivity contribution in [3.63, 3.8) is 0 Å². The maximum atomic E-state index is 13.4. The van der Waals surface area contributed by atoms with Crippen LogP contribution in [0.2, 0.25) is 10.0 Å². The van der Waals surface area contributed by atoms with Crippen molar-refractivity contribution in [2.24, 2.45) is 0 Å². The van der Waals surface area contributed by atoms with E-state index in [4.69, 9.17) is 32.7 Å². The average Bonchev–Trinajstić information content (AvgIpc) is 2.81. The first-order valence-corrected chi connectivity index (χ1v) is 10.7. The molecule has 2 N–H and O–H groups in total. The first kappa shape index (κ1) is 22.9. The van der Waals surface area contributed by atoms with Gasteiger partial charge in [0.2, 0.25) is 0 Å². The number of nitrogens with zero attached hydrogens (tertiary/aromatic N) is 1. The number of carbonyl (C=O) groups is 1. The molecule has 6 nitrogen and oxygen atoms in total. The number of amides is 1. The maximum absolute atomic E-state index is 13.4. The standard InChI is InChI=1S/C15H10Cl2FNO3.C8H8FNO/c16-10-5-8(6-11(17)14(10)20)15(21)19-3-4-22-13-2-1-9(18)7-12(13)19;9-6-1-2-8-7(5-6)10-3-4-11-8/h1-2,5-7,20H,3-4H2;1-2,5,10H,3-4H2. The number of hydrogen-bond donors (Lipinski definition) is 2. The van der Waals surface area contributed by atoms with Crippen LogP contribution in [0.4, 0.5) is 20.2 Å². The normalized spacial score (nSPS) is 13.9. The Morgan fingerprint density at radius 2 is 1.58 bits per heavy atom. The molecule has 5 rings (SSSR count). The van der Waals surface area contributed by atoms with E-state index in [0.29, 0.717) is 24.7 Å². The van der Waals surface area contributed by atoms with Gasteiger partial charge in [0.25, 0.3) is 5.91 Å². The van der Waals surface area contributed by atoms with E-state index in [-0.39, 0.29) is 33.7 Å². The van der Waals surface area contributed by atoms with Gasteiger partial charge in [-0.05, 0) is 36.4 Å².